The molecule has 4 rings (SSSR count). The molecule has 1 fully saturated rings. The molecule has 1 spiro atoms. The summed E-state index contributed by atoms with van der Waals surface area (Å²) in [5.74, 6) is -0.225. The van der Waals surface area contributed by atoms with E-state index in [4.69, 9.17) is 0 Å². The number of carbonyl (C=O) groups is 2. The van der Waals surface area contributed by atoms with Gasteiger partial charge in [-0.05, 0) is 44.4 Å². The summed E-state index contributed by atoms with van der Waals surface area (Å²) in [5.41, 5.74) is 2.20. The van der Waals surface area contributed by atoms with Crippen LogP contribution in [0.5, 0.6) is 0 Å². The number of carbonyl (C=O) groups excluding carboxylic acids is 2. The topological polar surface area (TPSA) is 61.7 Å². The Bertz CT molecular complexity index is 972. The molecule has 0 saturated carbocycles. The maximum absolute atomic E-state index is 13.6. The lowest BCUT2D eigenvalue weighted by Crippen LogP contribution is -2.66. The molecule has 31 heavy (non-hydrogen) atoms. The summed E-state index contributed by atoms with van der Waals surface area (Å²) in [4.78, 5) is 33.3. The molecule has 2 amide bonds. The van der Waals surface area contributed by atoms with Gasteiger partial charge in [-0.2, -0.15) is 5.10 Å². The third-order valence-electron chi connectivity index (χ3n) is 6.97. The van der Waals surface area contributed by atoms with Gasteiger partial charge in [-0.25, -0.2) is 0 Å². The molecule has 166 valence electrons. The second-order valence-electron chi connectivity index (χ2n) is 9.35. The van der Waals surface area contributed by atoms with Crippen molar-refractivity contribution >= 4 is 11.8 Å². The number of benzene rings is 1. The largest absolute Gasteiger partial charge is 0.348 e. The van der Waals surface area contributed by atoms with E-state index in [0.29, 0.717) is 5.56 Å². The van der Waals surface area contributed by atoms with Gasteiger partial charge >= 0.3 is 0 Å². The highest BCUT2D eigenvalue weighted by molar-refractivity contribution is 6.02. The van der Waals surface area contributed by atoms with Gasteiger partial charge in [0, 0.05) is 58.6 Å². The number of nitrogens with zero attached hydrogens (tertiary/aromatic N) is 5. The Morgan fingerprint density at radius 2 is 1.87 bits per heavy atom. The first-order chi connectivity index (χ1) is 14.8. The number of amides is 2. The second kappa shape index (κ2) is 8.11. The summed E-state index contributed by atoms with van der Waals surface area (Å²) in [7, 11) is 5.59. The van der Waals surface area contributed by atoms with E-state index < -0.39 is 5.54 Å². The standard InChI is InChI=1S/C24H33N5O2/c1-17(2)29-22(30)20-9-7-6-8-19(20)21(23(31)26(3)4)24(29)11-14-28(15-12-24)16-18-10-13-25-27(18)5/h6-10,13,17,21H,11-12,14-16H2,1-5H3. The molecule has 1 saturated heterocycles. The second-order valence-corrected chi connectivity index (χ2v) is 9.35. The first-order valence-electron chi connectivity index (χ1n) is 11.1. The molecule has 0 N–H and O–H groups in total. The van der Waals surface area contributed by atoms with E-state index in [0.717, 1.165) is 38.0 Å². The van der Waals surface area contributed by atoms with E-state index in [1.807, 2.05) is 67.3 Å². The predicted octanol–water partition coefficient (Wildman–Crippen LogP) is 2.49. The Hall–Kier alpha value is -2.67. The number of aromatic nitrogens is 2. The average molecular weight is 424 g/mol. The van der Waals surface area contributed by atoms with Gasteiger partial charge < -0.3 is 9.80 Å². The van der Waals surface area contributed by atoms with E-state index >= 15 is 0 Å². The Balaban J connectivity index is 1.73. The van der Waals surface area contributed by atoms with Crippen LogP contribution in [0.15, 0.2) is 36.5 Å². The molecule has 1 atom stereocenters. The maximum Gasteiger partial charge on any atom is 0.254 e. The smallest absolute Gasteiger partial charge is 0.254 e. The lowest BCUT2D eigenvalue weighted by molar-refractivity contribution is -0.136. The fourth-order valence-corrected chi connectivity index (χ4v) is 5.49. The van der Waals surface area contributed by atoms with Crippen molar-refractivity contribution in [1.82, 2.24) is 24.5 Å². The van der Waals surface area contributed by atoms with Crippen LogP contribution in [0.3, 0.4) is 0 Å². The highest BCUT2D eigenvalue weighted by Gasteiger charge is 2.56. The third-order valence-corrected chi connectivity index (χ3v) is 6.97. The van der Waals surface area contributed by atoms with Gasteiger partial charge in [0.05, 0.1) is 17.2 Å². The number of rotatable bonds is 4. The van der Waals surface area contributed by atoms with Crippen LogP contribution in [-0.2, 0) is 18.4 Å². The normalized spacial score (nSPS) is 20.9. The van der Waals surface area contributed by atoms with E-state index in [2.05, 4.69) is 23.8 Å². The molecule has 3 heterocycles. The van der Waals surface area contributed by atoms with Crippen LogP contribution in [0, 0.1) is 0 Å². The average Bonchev–Trinajstić information content (AvgIpc) is 3.14. The van der Waals surface area contributed by atoms with Crippen LogP contribution in [0.1, 0.15) is 54.2 Å². The monoisotopic (exact) mass is 423 g/mol. The van der Waals surface area contributed by atoms with Crippen molar-refractivity contribution < 1.29 is 9.59 Å². The Morgan fingerprint density at radius 1 is 1.19 bits per heavy atom. The zero-order chi connectivity index (χ0) is 22.3. The van der Waals surface area contributed by atoms with Crippen LogP contribution >= 0.6 is 0 Å². The van der Waals surface area contributed by atoms with Gasteiger partial charge in [-0.1, -0.05) is 18.2 Å². The molecule has 1 unspecified atom stereocenters. The van der Waals surface area contributed by atoms with Crippen LogP contribution in [0.4, 0.5) is 0 Å². The van der Waals surface area contributed by atoms with Crippen molar-refractivity contribution in [3.63, 3.8) is 0 Å². The van der Waals surface area contributed by atoms with E-state index in [1.54, 1.807) is 4.90 Å². The van der Waals surface area contributed by atoms with E-state index in [1.165, 1.54) is 5.69 Å². The summed E-state index contributed by atoms with van der Waals surface area (Å²) in [6, 6.07) is 9.73. The minimum atomic E-state index is -0.510. The lowest BCUT2D eigenvalue weighted by atomic mass is 9.66. The number of hydrogen-bond acceptors (Lipinski definition) is 4. The molecule has 7 nitrogen and oxygen atoms in total. The van der Waals surface area contributed by atoms with Crippen LogP contribution < -0.4 is 0 Å². The highest BCUT2D eigenvalue weighted by atomic mass is 16.2. The third kappa shape index (κ3) is 3.55. The molecule has 7 heteroatoms. The molecule has 0 radical (unpaired) electrons. The van der Waals surface area contributed by atoms with Crippen molar-refractivity contribution in [1.29, 1.82) is 0 Å². The summed E-state index contributed by atoms with van der Waals surface area (Å²) >= 11 is 0. The molecule has 0 bridgehead atoms. The maximum atomic E-state index is 13.6. The predicted molar refractivity (Wildman–Crippen MR) is 120 cm³/mol. The molecule has 0 aliphatic carbocycles. The minimum Gasteiger partial charge on any atom is -0.348 e. The molecule has 2 aromatic rings. The van der Waals surface area contributed by atoms with Crippen LogP contribution in [0.2, 0.25) is 0 Å². The molecule has 1 aromatic heterocycles. The van der Waals surface area contributed by atoms with Crippen molar-refractivity contribution in [2.45, 2.75) is 50.7 Å². The van der Waals surface area contributed by atoms with Crippen molar-refractivity contribution in [3.8, 4) is 0 Å². The Kier molecular flexibility index (Phi) is 5.64. The number of piperidine rings is 1. The van der Waals surface area contributed by atoms with Crippen molar-refractivity contribution in [2.75, 3.05) is 27.2 Å². The van der Waals surface area contributed by atoms with E-state index in [-0.39, 0.29) is 23.8 Å². The van der Waals surface area contributed by atoms with Crippen molar-refractivity contribution in [2.24, 2.45) is 7.05 Å². The van der Waals surface area contributed by atoms with E-state index in [9.17, 15) is 9.59 Å². The molecule has 2 aliphatic rings. The summed E-state index contributed by atoms with van der Waals surface area (Å²) in [6.07, 6.45) is 3.37. The summed E-state index contributed by atoms with van der Waals surface area (Å²) in [5, 5.41) is 4.28. The Labute approximate surface area is 184 Å². The van der Waals surface area contributed by atoms with Gasteiger partial charge in [0.1, 0.15) is 0 Å². The number of likely N-dealkylation sites (N-methyl/N-ethyl adjacent to an activating group) is 1. The number of fused-ring (bicyclic) bond motifs is 1. The van der Waals surface area contributed by atoms with Crippen LogP contribution in [0.25, 0.3) is 0 Å². The number of likely N-dealkylation sites (tertiary alicyclic amines) is 1. The minimum absolute atomic E-state index is 0.0157. The molecular weight excluding hydrogens is 390 g/mol. The Morgan fingerprint density at radius 3 is 2.45 bits per heavy atom. The first kappa shape index (κ1) is 21.6. The number of hydrogen-bond donors (Lipinski definition) is 0. The van der Waals surface area contributed by atoms with Gasteiger partial charge in [0.15, 0.2) is 0 Å². The lowest BCUT2D eigenvalue weighted by Gasteiger charge is -2.56. The zero-order valence-electron chi connectivity index (χ0n) is 19.2. The summed E-state index contributed by atoms with van der Waals surface area (Å²) in [6.45, 7) is 6.62. The van der Waals surface area contributed by atoms with Gasteiger partial charge in [-0.15, -0.1) is 0 Å². The molecule has 2 aliphatic heterocycles. The fourth-order valence-electron chi connectivity index (χ4n) is 5.49. The fraction of sp³-hybridized carbons (Fsp3) is 0.542. The van der Waals surface area contributed by atoms with Crippen molar-refractivity contribution in [3.05, 3.63) is 53.3 Å². The van der Waals surface area contributed by atoms with Gasteiger partial charge in [-0.3, -0.25) is 19.2 Å². The molecule has 1 aromatic carbocycles. The summed E-state index contributed by atoms with van der Waals surface area (Å²) < 4.78 is 1.91. The number of aryl methyl sites for hydroxylation is 1. The van der Waals surface area contributed by atoms with Gasteiger partial charge in [0.25, 0.3) is 5.91 Å². The van der Waals surface area contributed by atoms with Crippen LogP contribution in [-0.4, -0.2) is 75.1 Å². The quantitative estimate of drug-likeness (QED) is 0.758. The SMILES string of the molecule is CC(C)N1C(=O)c2ccccc2C(C(=O)N(C)C)C12CCN(Cc1ccnn1C)CC2. The highest BCUT2D eigenvalue weighted by Crippen LogP contribution is 2.48. The molecular formula is C24H33N5O2. The van der Waals surface area contributed by atoms with Gasteiger partial charge in [0.2, 0.25) is 5.91 Å². The zero-order valence-corrected chi connectivity index (χ0v) is 19.2. The first-order valence-corrected chi connectivity index (χ1v) is 11.1.